The largest absolute Gasteiger partial charge is 0.322 e. The molecule has 0 amide bonds. The summed E-state index contributed by atoms with van der Waals surface area (Å²) in [6.07, 6.45) is 9.43. The van der Waals surface area contributed by atoms with Gasteiger partial charge in [0.1, 0.15) is 0 Å². The van der Waals surface area contributed by atoms with Gasteiger partial charge in [0, 0.05) is 10.4 Å². The van der Waals surface area contributed by atoms with Gasteiger partial charge in [-0.05, 0) is 50.2 Å². The van der Waals surface area contributed by atoms with Crippen molar-refractivity contribution in [3.05, 3.63) is 22.4 Å². The van der Waals surface area contributed by atoms with Crippen LogP contribution in [0.1, 0.15) is 55.9 Å². The van der Waals surface area contributed by atoms with Crippen LogP contribution in [0.2, 0.25) is 0 Å². The van der Waals surface area contributed by atoms with Crippen LogP contribution in [-0.4, -0.2) is 23.5 Å². The van der Waals surface area contributed by atoms with Crippen molar-refractivity contribution in [3.63, 3.8) is 0 Å². The van der Waals surface area contributed by atoms with Gasteiger partial charge in [-0.3, -0.25) is 4.90 Å². The number of hydrogen-bond acceptors (Lipinski definition) is 3. The van der Waals surface area contributed by atoms with E-state index in [2.05, 4.69) is 22.4 Å². The Kier molecular flexibility index (Phi) is 3.73. The van der Waals surface area contributed by atoms with E-state index in [1.165, 1.54) is 62.9 Å². The monoisotopic (exact) mass is 264 g/mol. The van der Waals surface area contributed by atoms with Gasteiger partial charge in [-0.2, -0.15) is 0 Å². The van der Waals surface area contributed by atoms with Crippen molar-refractivity contribution >= 4 is 11.3 Å². The molecule has 2 fully saturated rings. The average Bonchev–Trinajstić information content (AvgIpc) is 3.11. The third kappa shape index (κ3) is 2.13. The summed E-state index contributed by atoms with van der Waals surface area (Å²) in [4.78, 5) is 4.11. The second-order valence-electron chi connectivity index (χ2n) is 5.85. The molecule has 1 aromatic heterocycles. The molecule has 2 heterocycles. The van der Waals surface area contributed by atoms with Crippen LogP contribution in [0.5, 0.6) is 0 Å². The normalized spacial score (nSPS) is 26.3. The van der Waals surface area contributed by atoms with E-state index in [1.54, 1.807) is 0 Å². The van der Waals surface area contributed by atoms with E-state index in [9.17, 15) is 0 Å². The fraction of sp³-hybridized carbons (Fsp3) is 0.733. The summed E-state index contributed by atoms with van der Waals surface area (Å²) in [6.45, 7) is 2.53. The van der Waals surface area contributed by atoms with Crippen LogP contribution < -0.4 is 5.73 Å². The third-order valence-electron chi connectivity index (χ3n) is 4.88. The highest BCUT2D eigenvalue weighted by Crippen LogP contribution is 2.45. The Bertz CT molecular complexity index is 362. The second-order valence-corrected chi connectivity index (χ2v) is 6.83. The molecule has 0 spiro atoms. The second kappa shape index (κ2) is 5.32. The molecule has 0 radical (unpaired) electrons. The Hall–Kier alpha value is -0.380. The van der Waals surface area contributed by atoms with E-state index in [4.69, 9.17) is 5.73 Å². The first-order valence-corrected chi connectivity index (χ1v) is 8.25. The van der Waals surface area contributed by atoms with E-state index in [0.29, 0.717) is 0 Å². The van der Waals surface area contributed by atoms with Gasteiger partial charge in [0.15, 0.2) is 0 Å². The zero-order chi connectivity index (χ0) is 12.4. The number of piperidine rings is 1. The molecule has 1 aliphatic heterocycles. The highest BCUT2D eigenvalue weighted by molar-refractivity contribution is 7.10. The Morgan fingerprint density at radius 2 is 1.83 bits per heavy atom. The number of rotatable bonds is 3. The van der Waals surface area contributed by atoms with Gasteiger partial charge in [-0.1, -0.05) is 25.3 Å². The van der Waals surface area contributed by atoms with Crippen molar-refractivity contribution in [2.75, 3.05) is 13.1 Å². The van der Waals surface area contributed by atoms with Crippen molar-refractivity contribution in [2.45, 2.75) is 56.5 Å². The Labute approximate surface area is 114 Å². The summed E-state index contributed by atoms with van der Waals surface area (Å²) in [7, 11) is 0. The summed E-state index contributed by atoms with van der Waals surface area (Å²) in [6, 6.07) is 4.58. The molecule has 1 aromatic rings. The topological polar surface area (TPSA) is 29.3 Å². The van der Waals surface area contributed by atoms with Crippen LogP contribution in [0.25, 0.3) is 0 Å². The van der Waals surface area contributed by atoms with Crippen molar-refractivity contribution in [1.82, 2.24) is 4.90 Å². The maximum atomic E-state index is 6.68. The van der Waals surface area contributed by atoms with Crippen molar-refractivity contribution < 1.29 is 0 Å². The van der Waals surface area contributed by atoms with Crippen LogP contribution in [0.4, 0.5) is 0 Å². The van der Waals surface area contributed by atoms with Crippen LogP contribution in [0.15, 0.2) is 17.5 Å². The maximum absolute atomic E-state index is 6.68. The first-order valence-electron chi connectivity index (χ1n) is 7.37. The first-order chi connectivity index (χ1) is 8.83. The highest BCUT2D eigenvalue weighted by Gasteiger charge is 2.45. The molecular weight excluding hydrogens is 240 g/mol. The Balaban J connectivity index is 1.86. The number of hydrogen-bond donors (Lipinski definition) is 1. The quantitative estimate of drug-likeness (QED) is 0.904. The number of nitrogens with two attached hydrogens (primary N) is 1. The molecule has 1 atom stereocenters. The molecule has 100 valence electrons. The highest BCUT2D eigenvalue weighted by atomic mass is 32.1. The maximum Gasteiger partial charge on any atom is 0.0576 e. The summed E-state index contributed by atoms with van der Waals surface area (Å²) in [5, 5.41) is 2.16. The van der Waals surface area contributed by atoms with Crippen molar-refractivity contribution in [2.24, 2.45) is 5.73 Å². The molecule has 1 saturated heterocycles. The number of likely N-dealkylation sites (tertiary alicyclic amines) is 1. The molecule has 2 nitrogen and oxygen atoms in total. The SMILES string of the molecule is NC(c1cccs1)C1(N2CCCCC2)CCCC1. The van der Waals surface area contributed by atoms with Gasteiger partial charge in [-0.15, -0.1) is 11.3 Å². The summed E-state index contributed by atoms with van der Waals surface area (Å²) in [5.74, 6) is 0. The molecule has 2 N–H and O–H groups in total. The summed E-state index contributed by atoms with van der Waals surface area (Å²) >= 11 is 1.83. The predicted octanol–water partition coefficient (Wildman–Crippen LogP) is 3.55. The lowest BCUT2D eigenvalue weighted by molar-refractivity contribution is 0.0487. The van der Waals surface area contributed by atoms with E-state index < -0.39 is 0 Å². The first kappa shape index (κ1) is 12.6. The van der Waals surface area contributed by atoms with Gasteiger partial charge in [-0.25, -0.2) is 0 Å². The lowest BCUT2D eigenvalue weighted by Crippen LogP contribution is -2.55. The molecular formula is C15H24N2S. The molecule has 18 heavy (non-hydrogen) atoms. The summed E-state index contributed by atoms with van der Waals surface area (Å²) < 4.78 is 0. The van der Waals surface area contributed by atoms with Gasteiger partial charge >= 0.3 is 0 Å². The van der Waals surface area contributed by atoms with Crippen LogP contribution in [-0.2, 0) is 0 Å². The predicted molar refractivity (Wildman–Crippen MR) is 77.9 cm³/mol. The Morgan fingerprint density at radius 1 is 1.11 bits per heavy atom. The zero-order valence-corrected chi connectivity index (χ0v) is 11.9. The standard InChI is InChI=1S/C15H24N2S/c16-14(13-7-6-12-18-13)15(8-2-3-9-15)17-10-4-1-5-11-17/h6-7,12,14H,1-5,8-11,16H2. The van der Waals surface area contributed by atoms with Crippen molar-refractivity contribution in [1.29, 1.82) is 0 Å². The average molecular weight is 264 g/mol. The minimum atomic E-state index is 0.220. The van der Waals surface area contributed by atoms with Gasteiger partial charge in [0.25, 0.3) is 0 Å². The van der Waals surface area contributed by atoms with E-state index in [0.717, 1.165) is 0 Å². The van der Waals surface area contributed by atoms with Crippen LogP contribution >= 0.6 is 11.3 Å². The fourth-order valence-corrected chi connectivity index (χ4v) is 4.72. The van der Waals surface area contributed by atoms with Gasteiger partial charge in [0.2, 0.25) is 0 Å². The molecule has 3 rings (SSSR count). The molecule has 3 heteroatoms. The van der Waals surface area contributed by atoms with E-state index >= 15 is 0 Å². The van der Waals surface area contributed by atoms with Crippen LogP contribution in [0, 0.1) is 0 Å². The molecule has 0 bridgehead atoms. The van der Waals surface area contributed by atoms with Crippen molar-refractivity contribution in [3.8, 4) is 0 Å². The van der Waals surface area contributed by atoms with Crippen LogP contribution in [0.3, 0.4) is 0 Å². The van der Waals surface area contributed by atoms with Gasteiger partial charge in [0.05, 0.1) is 6.04 Å². The van der Waals surface area contributed by atoms with E-state index in [1.807, 2.05) is 11.3 Å². The lowest BCUT2D eigenvalue weighted by atomic mass is 9.84. The smallest absolute Gasteiger partial charge is 0.0576 e. The minimum absolute atomic E-state index is 0.220. The zero-order valence-electron chi connectivity index (χ0n) is 11.1. The molecule has 2 aliphatic rings. The molecule has 1 saturated carbocycles. The molecule has 0 aromatic carbocycles. The van der Waals surface area contributed by atoms with Gasteiger partial charge < -0.3 is 5.73 Å². The Morgan fingerprint density at radius 3 is 2.44 bits per heavy atom. The molecule has 1 aliphatic carbocycles. The fourth-order valence-electron chi connectivity index (χ4n) is 3.88. The third-order valence-corrected chi connectivity index (χ3v) is 5.84. The minimum Gasteiger partial charge on any atom is -0.322 e. The number of nitrogens with zero attached hydrogens (tertiary/aromatic N) is 1. The molecule has 1 unspecified atom stereocenters. The lowest BCUT2D eigenvalue weighted by Gasteiger charge is -2.47. The summed E-state index contributed by atoms with van der Waals surface area (Å²) in [5.41, 5.74) is 6.95. The van der Waals surface area contributed by atoms with E-state index in [-0.39, 0.29) is 11.6 Å². The number of thiophene rings is 1.